The maximum absolute atomic E-state index is 12.0. The van der Waals surface area contributed by atoms with Gasteiger partial charge in [0.1, 0.15) is 12.4 Å². The van der Waals surface area contributed by atoms with Crippen LogP contribution < -0.4 is 11.5 Å². The molecule has 0 fully saturated rings. The Hall–Kier alpha value is -2.87. The van der Waals surface area contributed by atoms with Crippen LogP contribution in [0.5, 0.6) is 0 Å². The van der Waals surface area contributed by atoms with Crippen molar-refractivity contribution in [3.8, 4) is 0 Å². The number of fused-ring (bicyclic) bond motifs is 1. The molecule has 3 rings (SSSR count). The fourth-order valence-corrected chi connectivity index (χ4v) is 1.99. The number of esters is 1. The van der Waals surface area contributed by atoms with Gasteiger partial charge in [0.15, 0.2) is 22.5 Å². The van der Waals surface area contributed by atoms with E-state index in [0.717, 1.165) is 11.0 Å². The molecule has 0 saturated carbocycles. The highest BCUT2D eigenvalue weighted by atomic mass is 35.5. The average Bonchev–Trinajstić information content (AvgIpc) is 2.91. The molecule has 2 aromatic heterocycles. The predicted molar refractivity (Wildman–Crippen MR) is 81.1 cm³/mol. The lowest BCUT2D eigenvalue weighted by Crippen LogP contribution is -2.13. The molecule has 0 saturated heterocycles. The highest BCUT2D eigenvalue weighted by Crippen LogP contribution is 2.18. The molecule has 0 aliphatic heterocycles. The van der Waals surface area contributed by atoms with Crippen molar-refractivity contribution >= 4 is 40.2 Å². The van der Waals surface area contributed by atoms with Crippen LogP contribution in [-0.4, -0.2) is 25.9 Å². The van der Waals surface area contributed by atoms with E-state index < -0.39 is 5.97 Å². The van der Waals surface area contributed by atoms with Crippen LogP contribution in [0.2, 0.25) is 5.15 Å². The summed E-state index contributed by atoms with van der Waals surface area (Å²) in [6.07, 6.45) is 0. The van der Waals surface area contributed by atoms with E-state index in [0.29, 0.717) is 5.82 Å². The molecule has 0 spiro atoms. The first-order valence-corrected chi connectivity index (χ1v) is 6.61. The summed E-state index contributed by atoms with van der Waals surface area (Å²) in [5, 5.41) is -0.107. The van der Waals surface area contributed by atoms with E-state index in [1.165, 1.54) is 0 Å². The maximum Gasteiger partial charge on any atom is 0.361 e. The van der Waals surface area contributed by atoms with Gasteiger partial charge in [0.05, 0.1) is 11.0 Å². The molecule has 8 nitrogen and oxygen atoms in total. The minimum Gasteiger partial charge on any atom is -0.453 e. The number of imidazole rings is 1. The van der Waals surface area contributed by atoms with Crippen LogP contribution in [-0.2, 0) is 11.3 Å². The fourth-order valence-electron chi connectivity index (χ4n) is 1.87. The number of H-pyrrole nitrogens is 1. The van der Waals surface area contributed by atoms with Gasteiger partial charge in [-0.1, -0.05) is 23.7 Å². The molecule has 0 aliphatic carbocycles. The number of aromatic nitrogens is 4. The maximum atomic E-state index is 12.0. The van der Waals surface area contributed by atoms with Crippen molar-refractivity contribution in [1.29, 1.82) is 0 Å². The molecule has 0 atom stereocenters. The van der Waals surface area contributed by atoms with Gasteiger partial charge >= 0.3 is 5.97 Å². The van der Waals surface area contributed by atoms with Crippen LogP contribution in [0.3, 0.4) is 0 Å². The van der Waals surface area contributed by atoms with Gasteiger partial charge < -0.3 is 21.2 Å². The van der Waals surface area contributed by atoms with Crippen molar-refractivity contribution in [3.05, 3.63) is 40.9 Å². The Balaban J connectivity index is 1.76. The van der Waals surface area contributed by atoms with Gasteiger partial charge in [0.2, 0.25) is 0 Å². The number of nitrogens with zero attached hydrogens (tertiary/aromatic N) is 3. The largest absolute Gasteiger partial charge is 0.453 e. The van der Waals surface area contributed by atoms with Crippen molar-refractivity contribution in [1.82, 2.24) is 19.9 Å². The Labute approximate surface area is 129 Å². The summed E-state index contributed by atoms with van der Waals surface area (Å²) in [6.45, 7) is -0.0589. The van der Waals surface area contributed by atoms with Gasteiger partial charge in [-0.05, 0) is 12.1 Å². The number of nitrogen functional groups attached to an aromatic ring is 2. The Morgan fingerprint density at radius 2 is 1.95 bits per heavy atom. The lowest BCUT2D eigenvalue weighted by Gasteiger charge is -2.06. The van der Waals surface area contributed by atoms with E-state index in [4.69, 9.17) is 27.8 Å². The number of rotatable bonds is 3. The molecule has 22 heavy (non-hydrogen) atoms. The lowest BCUT2D eigenvalue weighted by atomic mass is 10.3. The van der Waals surface area contributed by atoms with Crippen LogP contribution in [0, 0.1) is 0 Å². The number of hydrogen-bond donors (Lipinski definition) is 3. The molecular weight excluding hydrogens is 308 g/mol. The molecule has 0 radical (unpaired) electrons. The minimum absolute atomic E-state index is 0.0481. The number of benzene rings is 1. The smallest absolute Gasteiger partial charge is 0.361 e. The molecule has 0 aliphatic rings. The van der Waals surface area contributed by atoms with Gasteiger partial charge in [-0.2, -0.15) is 0 Å². The molecule has 1 aromatic carbocycles. The number of aromatic amines is 1. The quantitative estimate of drug-likeness (QED) is 0.623. The van der Waals surface area contributed by atoms with Crippen LogP contribution in [0.1, 0.15) is 16.3 Å². The number of anilines is 2. The third-order valence-corrected chi connectivity index (χ3v) is 3.15. The normalized spacial score (nSPS) is 10.8. The number of nitrogens with one attached hydrogen (secondary N) is 1. The molecule has 0 amide bonds. The summed E-state index contributed by atoms with van der Waals surface area (Å²) < 4.78 is 5.10. The second-order valence-electron chi connectivity index (χ2n) is 4.41. The van der Waals surface area contributed by atoms with E-state index in [2.05, 4.69) is 19.9 Å². The number of carbonyl (C=O) groups is 1. The first-order chi connectivity index (χ1) is 10.5. The number of hydrogen-bond acceptors (Lipinski definition) is 7. The van der Waals surface area contributed by atoms with Crippen LogP contribution >= 0.6 is 11.6 Å². The number of halogens is 1. The van der Waals surface area contributed by atoms with Gasteiger partial charge in [-0.15, -0.1) is 0 Å². The van der Waals surface area contributed by atoms with E-state index in [-0.39, 0.29) is 29.1 Å². The van der Waals surface area contributed by atoms with Gasteiger partial charge in [-0.3, -0.25) is 0 Å². The summed E-state index contributed by atoms with van der Waals surface area (Å²) in [5.74, 6) is -0.445. The summed E-state index contributed by atoms with van der Waals surface area (Å²) in [7, 11) is 0. The fraction of sp³-hybridized carbons (Fsp3) is 0.0769. The summed E-state index contributed by atoms with van der Waals surface area (Å²) in [6, 6.07) is 7.46. The summed E-state index contributed by atoms with van der Waals surface area (Å²) in [5.41, 5.74) is 12.5. The first kappa shape index (κ1) is 14.1. The van der Waals surface area contributed by atoms with Gasteiger partial charge in [-0.25, -0.2) is 19.7 Å². The van der Waals surface area contributed by atoms with E-state index in [1.807, 2.05) is 24.3 Å². The zero-order valence-corrected chi connectivity index (χ0v) is 12.0. The van der Waals surface area contributed by atoms with Gasteiger partial charge in [0, 0.05) is 0 Å². The molecular formula is C13H11ClN6O2. The zero-order chi connectivity index (χ0) is 15.7. The van der Waals surface area contributed by atoms with Crippen LogP contribution in [0.25, 0.3) is 11.0 Å². The molecule has 3 aromatic rings. The Kier molecular flexibility index (Phi) is 3.51. The molecule has 5 N–H and O–H groups in total. The number of nitrogens with two attached hydrogens (primary N) is 2. The molecule has 2 heterocycles. The number of carbonyl (C=O) groups excluding carboxylic acids is 1. The predicted octanol–water partition coefficient (Wildman–Crippen LogP) is 1.53. The monoisotopic (exact) mass is 318 g/mol. The zero-order valence-electron chi connectivity index (χ0n) is 11.2. The molecule has 112 valence electrons. The average molecular weight is 319 g/mol. The van der Waals surface area contributed by atoms with Crippen molar-refractivity contribution in [2.45, 2.75) is 6.61 Å². The molecule has 0 bridgehead atoms. The van der Waals surface area contributed by atoms with Crippen molar-refractivity contribution in [2.24, 2.45) is 0 Å². The SMILES string of the molecule is Nc1nc(N)c(C(=O)OCc2nc3ccccc3[nH]2)nc1Cl. The number of ether oxygens (including phenoxy) is 1. The second-order valence-corrected chi connectivity index (χ2v) is 4.77. The Morgan fingerprint density at radius 1 is 1.18 bits per heavy atom. The Morgan fingerprint density at radius 3 is 2.73 bits per heavy atom. The van der Waals surface area contributed by atoms with Crippen LogP contribution in [0.15, 0.2) is 24.3 Å². The van der Waals surface area contributed by atoms with E-state index in [9.17, 15) is 4.79 Å². The van der Waals surface area contributed by atoms with Crippen molar-refractivity contribution in [2.75, 3.05) is 11.5 Å². The Bertz CT molecular complexity index is 830. The van der Waals surface area contributed by atoms with Crippen LogP contribution in [0.4, 0.5) is 11.6 Å². The minimum atomic E-state index is -0.757. The van der Waals surface area contributed by atoms with E-state index >= 15 is 0 Å². The highest BCUT2D eigenvalue weighted by Gasteiger charge is 2.18. The molecule has 0 unspecified atom stereocenters. The third-order valence-electron chi connectivity index (χ3n) is 2.88. The highest BCUT2D eigenvalue weighted by molar-refractivity contribution is 6.31. The molecule has 9 heteroatoms. The summed E-state index contributed by atoms with van der Waals surface area (Å²) >= 11 is 5.72. The summed E-state index contributed by atoms with van der Waals surface area (Å²) in [4.78, 5) is 26.8. The number of para-hydroxylation sites is 2. The van der Waals surface area contributed by atoms with Crippen molar-refractivity contribution < 1.29 is 9.53 Å². The second kappa shape index (κ2) is 5.49. The van der Waals surface area contributed by atoms with Crippen molar-refractivity contribution in [3.63, 3.8) is 0 Å². The standard InChI is InChI=1S/C13H11ClN6O2/c14-10-12(16)20-11(15)9(19-10)13(21)22-5-8-17-6-3-1-2-4-7(6)18-8/h1-4H,5H2,(H,17,18)(H4,15,16,20). The van der Waals surface area contributed by atoms with E-state index in [1.54, 1.807) is 0 Å². The third kappa shape index (κ3) is 2.63. The van der Waals surface area contributed by atoms with Gasteiger partial charge in [0.25, 0.3) is 0 Å². The topological polar surface area (TPSA) is 133 Å². The lowest BCUT2D eigenvalue weighted by molar-refractivity contribution is 0.0457. The first-order valence-electron chi connectivity index (χ1n) is 6.24.